The molecule has 0 aliphatic heterocycles. The van der Waals surface area contributed by atoms with Crippen molar-refractivity contribution in [3.8, 4) is 11.5 Å². The van der Waals surface area contributed by atoms with E-state index in [1.165, 1.54) is 11.1 Å². The SMILES string of the molecule is CCOC(=O)c1ccc(Nc2nc(Nc3ccccc3)nc(Nc3cccc(C)c3)n2)cc1.COc1ccc(Nc2nc(Nc3ccc(C)cc3)nc(Nc3cccc(C)c3)n2)cc1.COc1cccc(Nc2nc(Nc3ccccc3)nc(Nc3ccccc3C)n2)c1.Cc1ccc(Nc2nc(Nc3cccc(C)c3)nc(Nc3ccccc3Cl)n2)cc1. The number of halogens is 1. The van der Waals surface area contributed by atoms with Crippen LogP contribution in [0.15, 0.2) is 303 Å². The molecule has 4 aromatic heterocycles. The molecule has 28 nitrogen and oxygen atoms in total. The van der Waals surface area contributed by atoms with Gasteiger partial charge in [0.1, 0.15) is 11.5 Å². The second kappa shape index (κ2) is 42.9. The third-order valence-electron chi connectivity index (χ3n) is 17.9. The van der Waals surface area contributed by atoms with Gasteiger partial charge in [-0.1, -0.05) is 156 Å². The molecule has 12 N–H and O–H groups in total. The van der Waals surface area contributed by atoms with Gasteiger partial charge in [-0.15, -0.1) is 0 Å². The lowest BCUT2D eigenvalue weighted by molar-refractivity contribution is 0.0526. The van der Waals surface area contributed by atoms with E-state index in [1.807, 2.05) is 321 Å². The topological polar surface area (TPSA) is 344 Å². The number of carbonyl (C=O) groups is 1. The average Bonchev–Trinajstić information content (AvgIpc) is 0.845. The summed E-state index contributed by atoms with van der Waals surface area (Å²) in [5.74, 6) is 6.07. The highest BCUT2D eigenvalue weighted by Gasteiger charge is 2.16. The number of methoxy groups -OCH3 is 2. The first-order valence-corrected chi connectivity index (χ1v) is 39.9. The van der Waals surface area contributed by atoms with Gasteiger partial charge >= 0.3 is 5.97 Å². The summed E-state index contributed by atoms with van der Waals surface area (Å²) in [7, 11) is 3.27. The van der Waals surface area contributed by atoms with Crippen LogP contribution in [0.1, 0.15) is 50.7 Å². The number of para-hydroxylation sites is 4. The molecule has 0 amide bonds. The van der Waals surface area contributed by atoms with Gasteiger partial charge < -0.3 is 78.0 Å². The van der Waals surface area contributed by atoms with E-state index in [2.05, 4.69) is 124 Å². The molecule has 29 heteroatoms. The van der Waals surface area contributed by atoms with Crippen molar-refractivity contribution in [3.63, 3.8) is 0 Å². The summed E-state index contributed by atoms with van der Waals surface area (Å²) in [4.78, 5) is 66.1. The van der Waals surface area contributed by atoms with E-state index in [4.69, 9.17) is 25.8 Å². The second-order valence-corrected chi connectivity index (χ2v) is 28.3. The minimum Gasteiger partial charge on any atom is -0.497 e. The molecule has 0 aliphatic carbocycles. The van der Waals surface area contributed by atoms with E-state index < -0.39 is 0 Å². The maximum absolute atomic E-state index is 11.9. The van der Waals surface area contributed by atoms with Crippen LogP contribution in [0.3, 0.4) is 0 Å². The lowest BCUT2D eigenvalue weighted by Crippen LogP contribution is -2.08. The van der Waals surface area contributed by atoms with Crippen LogP contribution in [-0.2, 0) is 4.74 Å². The van der Waals surface area contributed by atoms with Crippen molar-refractivity contribution in [2.24, 2.45) is 0 Å². The fourth-order valence-electron chi connectivity index (χ4n) is 11.7. The zero-order valence-electron chi connectivity index (χ0n) is 69.5. The standard InChI is InChI=1S/C25H24N6O2.C24H24N6O.C23H21ClN6.C23H22N6O/c1-3-33-22(32)18-12-14-20(15-13-18)27-24-29-23(26-19-9-5-4-6-10-19)30-25(31-24)28-21-11-7-8-17(2)16-21;1-16-7-9-18(10-8-16)25-22-28-23(26-19-11-13-21(31-3)14-12-19)30-24(29-22)27-20-6-4-5-17(2)15-20;1-15-10-12-17(13-11-15)25-21-28-22(26-18-7-5-6-16(2)14-18)30-23(29-21)27-20-9-4-3-8-19(20)24;1-16-9-6-7-14-20(16)26-23-28-21(24-17-10-4-3-5-11-17)27-22(29-23)25-18-12-8-13-19(15-18)30-2/h4-16H,3H2,1-2H3,(H3,26,27,28,29,30,31);4-15H,1-3H3,(H3,25,26,27,28,29,30);3-14H,1-2H3,(H3,25,26,27,28,29,30);3-15H,1-2H3,(H3,24,25,26,27,28,29). The Hall–Kier alpha value is -16.4. The average molecular weight is 1670 g/mol. The predicted molar refractivity (Wildman–Crippen MR) is 498 cm³/mol. The number of hydrogen-bond acceptors (Lipinski definition) is 28. The first-order valence-electron chi connectivity index (χ1n) is 39.5. The summed E-state index contributed by atoms with van der Waals surface area (Å²) in [5, 5.41) is 39.3. The third-order valence-corrected chi connectivity index (χ3v) is 18.2. The molecule has 16 aromatic rings. The fraction of sp³-hybridized carbons (Fsp3) is 0.105. The van der Waals surface area contributed by atoms with Crippen LogP contribution in [-0.4, -0.2) is 86.6 Å². The second-order valence-electron chi connectivity index (χ2n) is 27.9. The summed E-state index contributed by atoms with van der Waals surface area (Å²) in [6, 6.07) is 96.9. The highest BCUT2D eigenvalue weighted by Crippen LogP contribution is 2.31. The maximum atomic E-state index is 11.9. The zero-order valence-corrected chi connectivity index (χ0v) is 70.2. The summed E-state index contributed by atoms with van der Waals surface area (Å²) in [6.45, 7) is 14.3. The minimum atomic E-state index is -0.358. The molecule has 0 bridgehead atoms. The van der Waals surface area contributed by atoms with Gasteiger partial charge in [0.25, 0.3) is 0 Å². The smallest absolute Gasteiger partial charge is 0.338 e. The predicted octanol–water partition coefficient (Wildman–Crippen LogP) is 23.1. The van der Waals surface area contributed by atoms with Crippen LogP contribution in [0, 0.1) is 41.5 Å². The largest absolute Gasteiger partial charge is 0.497 e. The van der Waals surface area contributed by atoms with Crippen LogP contribution >= 0.6 is 11.6 Å². The van der Waals surface area contributed by atoms with Crippen molar-refractivity contribution in [3.05, 3.63) is 347 Å². The molecule has 16 rings (SSSR count). The number of esters is 1. The zero-order chi connectivity index (χ0) is 86.4. The van der Waals surface area contributed by atoms with Crippen molar-refractivity contribution >= 4 is 157 Å². The number of anilines is 24. The van der Waals surface area contributed by atoms with E-state index in [1.54, 1.807) is 45.4 Å². The van der Waals surface area contributed by atoms with Gasteiger partial charge in [0.15, 0.2) is 0 Å². The molecule has 0 aliphatic rings. The van der Waals surface area contributed by atoms with Crippen molar-refractivity contribution in [1.82, 2.24) is 59.8 Å². The number of carbonyl (C=O) groups excluding carboxylic acids is 1. The molecule has 4 heterocycles. The monoisotopic (exact) mass is 1670 g/mol. The summed E-state index contributed by atoms with van der Waals surface area (Å²) in [6.07, 6.45) is 0. The highest BCUT2D eigenvalue weighted by molar-refractivity contribution is 6.33. The number of aryl methyl sites for hydroxylation is 6. The number of nitrogens with zero attached hydrogens (tertiary/aromatic N) is 12. The van der Waals surface area contributed by atoms with Crippen LogP contribution in [0.2, 0.25) is 5.02 Å². The molecule has 124 heavy (non-hydrogen) atoms. The van der Waals surface area contributed by atoms with E-state index in [0.717, 1.165) is 96.3 Å². The molecule has 0 fully saturated rings. The van der Waals surface area contributed by atoms with Crippen molar-refractivity contribution in [1.29, 1.82) is 0 Å². The first kappa shape index (κ1) is 85.5. The van der Waals surface area contributed by atoms with E-state index in [0.29, 0.717) is 94.3 Å². The van der Waals surface area contributed by atoms with Crippen LogP contribution in [0.5, 0.6) is 11.5 Å². The third kappa shape index (κ3) is 26.6. The molecule has 0 saturated heterocycles. The number of aromatic nitrogens is 12. The Bertz CT molecular complexity index is 6190. The summed E-state index contributed by atoms with van der Waals surface area (Å²) < 4.78 is 15.5. The fourth-order valence-corrected chi connectivity index (χ4v) is 11.9. The van der Waals surface area contributed by atoms with Crippen LogP contribution in [0.25, 0.3) is 0 Å². The number of rotatable bonds is 28. The van der Waals surface area contributed by atoms with Gasteiger partial charge in [0.2, 0.25) is 71.4 Å². The van der Waals surface area contributed by atoms with Gasteiger partial charge in [0.05, 0.1) is 37.1 Å². The summed E-state index contributed by atoms with van der Waals surface area (Å²) >= 11 is 6.28. The molecule has 0 spiro atoms. The van der Waals surface area contributed by atoms with Crippen molar-refractivity contribution < 1.29 is 19.0 Å². The van der Waals surface area contributed by atoms with Crippen LogP contribution < -0.4 is 73.3 Å². The first-order chi connectivity index (χ1) is 60.4. The van der Waals surface area contributed by atoms with E-state index in [-0.39, 0.29) is 5.97 Å². The Balaban J connectivity index is 0.000000142. The molecule has 12 aromatic carbocycles. The maximum Gasteiger partial charge on any atom is 0.338 e. The normalized spacial score (nSPS) is 10.4. The Labute approximate surface area is 723 Å². The number of ether oxygens (including phenoxy) is 3. The van der Waals surface area contributed by atoms with Crippen LogP contribution in [0.4, 0.5) is 140 Å². The van der Waals surface area contributed by atoms with Crippen molar-refractivity contribution in [2.75, 3.05) is 84.6 Å². The molecular weight excluding hydrogens is 1580 g/mol. The molecule has 0 unspecified atom stereocenters. The highest BCUT2D eigenvalue weighted by atomic mass is 35.5. The lowest BCUT2D eigenvalue weighted by Gasteiger charge is -2.13. The number of nitrogens with one attached hydrogen (secondary N) is 12. The van der Waals surface area contributed by atoms with Crippen molar-refractivity contribution in [2.45, 2.75) is 48.5 Å². The van der Waals surface area contributed by atoms with Gasteiger partial charge in [-0.05, 0) is 235 Å². The lowest BCUT2D eigenvalue weighted by atomic mass is 10.2. The number of benzene rings is 12. The Morgan fingerprint density at radius 3 is 0.871 bits per heavy atom. The van der Waals surface area contributed by atoms with Gasteiger partial charge in [-0.3, -0.25) is 0 Å². The van der Waals surface area contributed by atoms with E-state index in [9.17, 15) is 4.79 Å². The summed E-state index contributed by atoms with van der Waals surface area (Å²) in [5.41, 5.74) is 17.6. The molecule has 622 valence electrons. The van der Waals surface area contributed by atoms with Gasteiger partial charge in [-0.2, -0.15) is 59.8 Å². The Morgan fingerprint density at radius 2 is 0.532 bits per heavy atom. The van der Waals surface area contributed by atoms with Gasteiger partial charge in [0, 0.05) is 68.6 Å². The molecule has 0 radical (unpaired) electrons. The van der Waals surface area contributed by atoms with E-state index >= 15 is 0 Å². The molecular formula is C95H91ClN24O4. The van der Waals surface area contributed by atoms with Gasteiger partial charge in [-0.25, -0.2) is 4.79 Å². The molecule has 0 saturated carbocycles. The minimum absolute atomic E-state index is 0.331. The quantitative estimate of drug-likeness (QED) is 0.0203. The number of hydrogen-bond donors (Lipinski definition) is 12. The Morgan fingerprint density at radius 1 is 0.258 bits per heavy atom. The molecule has 0 atom stereocenters. The Kier molecular flexibility index (Phi) is 29.6.